The third-order valence-corrected chi connectivity index (χ3v) is 8.56. The van der Waals surface area contributed by atoms with Crippen molar-refractivity contribution in [1.82, 2.24) is 0 Å². The van der Waals surface area contributed by atoms with Crippen LogP contribution in [0.4, 0.5) is 0 Å². The molecule has 0 fully saturated rings. The van der Waals surface area contributed by atoms with Gasteiger partial charge in [0.25, 0.3) is 0 Å². The number of hydrogen-bond acceptors (Lipinski definition) is 2. The topological polar surface area (TPSA) is 22.4 Å². The van der Waals surface area contributed by atoms with E-state index in [1.54, 1.807) is 6.26 Å². The van der Waals surface area contributed by atoms with Crippen LogP contribution in [-0.4, -0.2) is 8.32 Å². The Morgan fingerprint density at radius 1 is 1.00 bits per heavy atom. The molecule has 1 aromatic carbocycles. The van der Waals surface area contributed by atoms with Crippen molar-refractivity contribution in [3.05, 3.63) is 60.1 Å². The molecule has 1 aromatic heterocycles. The molecule has 0 aliphatic carbocycles. The van der Waals surface area contributed by atoms with E-state index in [2.05, 4.69) is 46.0 Å². The van der Waals surface area contributed by atoms with Gasteiger partial charge in [-0.3, -0.25) is 0 Å². The minimum absolute atomic E-state index is 0.118. The van der Waals surface area contributed by atoms with Gasteiger partial charge in [-0.2, -0.15) is 0 Å². The highest BCUT2D eigenvalue weighted by Gasteiger charge is 2.40. The summed E-state index contributed by atoms with van der Waals surface area (Å²) in [4.78, 5) is 0. The Bertz CT molecular complexity index is 524. The molecule has 0 bridgehead atoms. The normalized spacial score (nSPS) is 14.2. The van der Waals surface area contributed by atoms with Crippen molar-refractivity contribution in [2.75, 3.05) is 0 Å². The maximum Gasteiger partial charge on any atom is 0.193 e. The average molecular weight is 288 g/mol. The molecule has 0 aliphatic heterocycles. The van der Waals surface area contributed by atoms with Crippen molar-refractivity contribution < 1.29 is 8.84 Å². The lowest BCUT2D eigenvalue weighted by Crippen LogP contribution is -2.42. The molecule has 2 rings (SSSR count). The Kier molecular flexibility index (Phi) is 4.21. The van der Waals surface area contributed by atoms with E-state index in [4.69, 9.17) is 8.84 Å². The van der Waals surface area contributed by atoms with Gasteiger partial charge in [-0.25, -0.2) is 0 Å². The van der Waals surface area contributed by atoms with E-state index in [9.17, 15) is 0 Å². The van der Waals surface area contributed by atoms with Crippen molar-refractivity contribution in [1.29, 1.82) is 0 Å². The Balaban J connectivity index is 2.35. The van der Waals surface area contributed by atoms with Crippen LogP contribution in [0.2, 0.25) is 18.1 Å². The van der Waals surface area contributed by atoms with Crippen LogP contribution in [0.25, 0.3) is 0 Å². The van der Waals surface area contributed by atoms with E-state index < -0.39 is 8.32 Å². The van der Waals surface area contributed by atoms with Gasteiger partial charge in [-0.15, -0.1) is 0 Å². The first-order chi connectivity index (χ1) is 9.31. The van der Waals surface area contributed by atoms with E-state index in [1.165, 1.54) is 0 Å². The molecular weight excluding hydrogens is 264 g/mol. The van der Waals surface area contributed by atoms with Crippen LogP contribution in [0.3, 0.4) is 0 Å². The fraction of sp³-hybridized carbons (Fsp3) is 0.412. The summed E-state index contributed by atoms with van der Waals surface area (Å²) in [5, 5.41) is 0.173. The van der Waals surface area contributed by atoms with Crippen molar-refractivity contribution in [2.24, 2.45) is 0 Å². The van der Waals surface area contributed by atoms with Crippen LogP contribution in [0, 0.1) is 0 Å². The molecule has 0 saturated carbocycles. The second kappa shape index (κ2) is 5.58. The fourth-order valence-electron chi connectivity index (χ4n) is 1.83. The first-order valence-corrected chi connectivity index (χ1v) is 9.98. The maximum absolute atomic E-state index is 6.58. The smallest absolute Gasteiger partial charge is 0.193 e. The van der Waals surface area contributed by atoms with E-state index in [-0.39, 0.29) is 11.1 Å². The van der Waals surface area contributed by atoms with Crippen molar-refractivity contribution >= 4 is 8.32 Å². The van der Waals surface area contributed by atoms with Crippen molar-refractivity contribution in [3.8, 4) is 0 Å². The third-order valence-electron chi connectivity index (χ3n) is 4.12. The number of rotatable bonds is 4. The van der Waals surface area contributed by atoms with E-state index in [1.807, 2.05) is 30.3 Å². The lowest BCUT2D eigenvalue weighted by molar-refractivity contribution is 0.193. The zero-order chi connectivity index (χ0) is 14.8. The van der Waals surface area contributed by atoms with Crippen LogP contribution in [0.15, 0.2) is 53.1 Å². The lowest BCUT2D eigenvalue weighted by atomic mass is 10.1. The van der Waals surface area contributed by atoms with Crippen LogP contribution >= 0.6 is 0 Å². The Morgan fingerprint density at radius 2 is 1.65 bits per heavy atom. The molecule has 0 unspecified atom stereocenters. The highest BCUT2D eigenvalue weighted by atomic mass is 28.4. The summed E-state index contributed by atoms with van der Waals surface area (Å²) in [6.07, 6.45) is 1.59. The first-order valence-electron chi connectivity index (χ1n) is 7.07. The highest BCUT2D eigenvalue weighted by molar-refractivity contribution is 6.74. The predicted octanol–water partition coefficient (Wildman–Crippen LogP) is 5.39. The second-order valence-corrected chi connectivity index (χ2v) is 11.4. The summed E-state index contributed by atoms with van der Waals surface area (Å²) >= 11 is 0. The van der Waals surface area contributed by atoms with Gasteiger partial charge >= 0.3 is 0 Å². The number of benzene rings is 1. The van der Waals surface area contributed by atoms with Gasteiger partial charge in [-0.05, 0) is 35.8 Å². The van der Waals surface area contributed by atoms with Crippen LogP contribution in [0.1, 0.15) is 38.2 Å². The van der Waals surface area contributed by atoms with Gasteiger partial charge in [0.2, 0.25) is 0 Å². The van der Waals surface area contributed by atoms with Crippen LogP contribution in [-0.2, 0) is 4.43 Å². The largest absolute Gasteiger partial charge is 0.466 e. The Labute approximate surface area is 122 Å². The molecule has 0 radical (unpaired) electrons. The molecule has 0 amide bonds. The number of furan rings is 1. The molecule has 1 atom stereocenters. The van der Waals surface area contributed by atoms with Crippen molar-refractivity contribution in [2.45, 2.75) is 45.0 Å². The van der Waals surface area contributed by atoms with E-state index in [0.29, 0.717) is 0 Å². The lowest BCUT2D eigenvalue weighted by Gasteiger charge is -2.38. The quantitative estimate of drug-likeness (QED) is 0.704. The summed E-state index contributed by atoms with van der Waals surface area (Å²) in [5.41, 5.74) is 1.15. The van der Waals surface area contributed by atoms with Crippen LogP contribution < -0.4 is 0 Å². The minimum atomic E-state index is -1.87. The van der Waals surface area contributed by atoms with Gasteiger partial charge in [0.15, 0.2) is 8.32 Å². The summed E-state index contributed by atoms with van der Waals surface area (Å²) in [6.45, 7) is 11.3. The molecule has 1 heterocycles. The Morgan fingerprint density at radius 3 is 2.15 bits per heavy atom. The molecule has 0 spiro atoms. The summed E-state index contributed by atoms with van der Waals surface area (Å²) in [7, 11) is -1.87. The molecule has 108 valence electrons. The molecular formula is C17H24O2Si. The fourth-order valence-corrected chi connectivity index (χ4v) is 3.03. The standard InChI is InChI=1S/C17H24O2Si/c1-17(2,3)20(4,5)19-16(15-12-9-13-18-15)14-10-7-6-8-11-14/h6-13,16H,1-5H3/t16-/m1/s1. The molecule has 3 heteroatoms. The molecule has 0 N–H and O–H groups in total. The zero-order valence-corrected chi connectivity index (χ0v) is 14.0. The molecule has 20 heavy (non-hydrogen) atoms. The minimum Gasteiger partial charge on any atom is -0.466 e. The van der Waals surface area contributed by atoms with Gasteiger partial charge < -0.3 is 8.84 Å². The van der Waals surface area contributed by atoms with E-state index >= 15 is 0 Å². The molecule has 2 aromatic rings. The van der Waals surface area contributed by atoms with Gasteiger partial charge in [0.1, 0.15) is 11.9 Å². The summed E-state index contributed by atoms with van der Waals surface area (Å²) in [5.74, 6) is 0.876. The third kappa shape index (κ3) is 3.22. The van der Waals surface area contributed by atoms with Gasteiger partial charge in [0, 0.05) is 0 Å². The zero-order valence-electron chi connectivity index (χ0n) is 13.0. The van der Waals surface area contributed by atoms with Crippen LogP contribution in [0.5, 0.6) is 0 Å². The predicted molar refractivity (Wildman–Crippen MR) is 85.3 cm³/mol. The molecule has 0 saturated heterocycles. The number of hydrogen-bond donors (Lipinski definition) is 0. The van der Waals surface area contributed by atoms with Crippen molar-refractivity contribution in [3.63, 3.8) is 0 Å². The highest BCUT2D eigenvalue weighted by Crippen LogP contribution is 2.41. The summed E-state index contributed by atoms with van der Waals surface area (Å²) in [6, 6.07) is 14.2. The second-order valence-electron chi connectivity index (χ2n) is 6.68. The average Bonchev–Trinajstić information content (AvgIpc) is 2.89. The summed E-state index contributed by atoms with van der Waals surface area (Å²) < 4.78 is 12.2. The molecule has 2 nitrogen and oxygen atoms in total. The first kappa shape index (κ1) is 15.1. The monoisotopic (exact) mass is 288 g/mol. The van der Waals surface area contributed by atoms with Gasteiger partial charge in [0.05, 0.1) is 6.26 Å². The van der Waals surface area contributed by atoms with Gasteiger partial charge in [-0.1, -0.05) is 51.1 Å². The Hall–Kier alpha value is -1.32. The SMILES string of the molecule is CC(C)(C)[Si](C)(C)O[C@H](c1ccccc1)c1ccco1. The molecule has 0 aliphatic rings. The van der Waals surface area contributed by atoms with E-state index in [0.717, 1.165) is 11.3 Å². The maximum atomic E-state index is 6.58.